The van der Waals surface area contributed by atoms with Crippen LogP contribution in [0.4, 0.5) is 0 Å². The van der Waals surface area contributed by atoms with Crippen LogP contribution in [0.2, 0.25) is 0 Å². The summed E-state index contributed by atoms with van der Waals surface area (Å²) in [6, 6.07) is 29.7. The maximum Gasteiger partial charge on any atom is 0.101 e. The molecular weight excluding hydrogens is 340 g/mol. The van der Waals surface area contributed by atoms with Gasteiger partial charge >= 0.3 is 0 Å². The first kappa shape index (κ1) is 16.6. The highest BCUT2D eigenvalue weighted by molar-refractivity contribution is 6.08. The van der Waals surface area contributed by atoms with E-state index < -0.39 is 0 Å². The Bertz CT molecular complexity index is 1300. The number of aryl methyl sites for hydroxylation is 2. The maximum absolute atomic E-state index is 4.73. The largest absolute Gasteiger partial charge is 0.149 e. The zero-order chi connectivity index (χ0) is 19.1. The summed E-state index contributed by atoms with van der Waals surface area (Å²) in [5, 5.41) is 14.1. The first-order chi connectivity index (χ1) is 13.7. The van der Waals surface area contributed by atoms with Crippen LogP contribution < -0.4 is 0 Å². The fourth-order valence-corrected chi connectivity index (χ4v) is 4.02. The summed E-state index contributed by atoms with van der Waals surface area (Å²) in [5.74, 6) is 0. The molecule has 0 aliphatic heterocycles. The summed E-state index contributed by atoms with van der Waals surface area (Å²) >= 11 is 0. The lowest BCUT2D eigenvalue weighted by molar-refractivity contribution is 1.06. The van der Waals surface area contributed by atoms with E-state index >= 15 is 0 Å². The Morgan fingerprint density at radius 3 is 1.71 bits per heavy atom. The lowest BCUT2D eigenvalue weighted by Crippen LogP contribution is -1.98. The van der Waals surface area contributed by atoms with Gasteiger partial charge in [-0.3, -0.25) is 0 Å². The predicted octanol–water partition coefficient (Wildman–Crippen LogP) is 6.73. The maximum atomic E-state index is 4.73. The van der Waals surface area contributed by atoms with Crippen LogP contribution in [-0.4, -0.2) is 10.2 Å². The van der Waals surface area contributed by atoms with Crippen molar-refractivity contribution in [2.75, 3.05) is 0 Å². The third kappa shape index (κ3) is 2.66. The van der Waals surface area contributed by atoms with Gasteiger partial charge in [-0.25, -0.2) is 0 Å². The molecule has 0 aliphatic carbocycles. The van der Waals surface area contributed by atoms with Gasteiger partial charge in [0.15, 0.2) is 0 Å². The minimum Gasteiger partial charge on any atom is -0.149 e. The molecule has 5 rings (SSSR count). The van der Waals surface area contributed by atoms with Crippen LogP contribution in [0.15, 0.2) is 84.9 Å². The van der Waals surface area contributed by atoms with Gasteiger partial charge in [0.1, 0.15) is 11.4 Å². The zero-order valence-corrected chi connectivity index (χ0v) is 16.0. The highest BCUT2D eigenvalue weighted by Crippen LogP contribution is 2.37. The van der Waals surface area contributed by atoms with Crippen molar-refractivity contribution in [1.29, 1.82) is 0 Å². The van der Waals surface area contributed by atoms with Crippen LogP contribution >= 0.6 is 0 Å². The SMILES string of the molecule is Cc1cccc(C)c1-c1nnc(-c2ccccc2)c2cc3ccccc3cc12. The number of hydrogen-bond acceptors (Lipinski definition) is 2. The van der Waals surface area contributed by atoms with Gasteiger partial charge in [0.05, 0.1) is 0 Å². The molecule has 0 spiro atoms. The molecule has 0 bridgehead atoms. The summed E-state index contributed by atoms with van der Waals surface area (Å²) in [7, 11) is 0. The van der Waals surface area contributed by atoms with Crippen molar-refractivity contribution < 1.29 is 0 Å². The summed E-state index contributed by atoms with van der Waals surface area (Å²) < 4.78 is 0. The molecule has 0 radical (unpaired) electrons. The Morgan fingerprint density at radius 1 is 0.536 bits per heavy atom. The van der Waals surface area contributed by atoms with Gasteiger partial charge in [-0.05, 0) is 47.9 Å². The van der Waals surface area contributed by atoms with Gasteiger partial charge in [0.2, 0.25) is 0 Å². The Kier molecular flexibility index (Phi) is 3.91. The van der Waals surface area contributed by atoms with Gasteiger partial charge in [-0.2, -0.15) is 0 Å². The van der Waals surface area contributed by atoms with E-state index in [0.29, 0.717) is 0 Å². The van der Waals surface area contributed by atoms with E-state index in [9.17, 15) is 0 Å². The molecule has 0 saturated carbocycles. The Hall–Kier alpha value is -3.52. The van der Waals surface area contributed by atoms with Crippen molar-refractivity contribution in [1.82, 2.24) is 10.2 Å². The summed E-state index contributed by atoms with van der Waals surface area (Å²) in [6.07, 6.45) is 0. The van der Waals surface area contributed by atoms with Gasteiger partial charge in [-0.15, -0.1) is 10.2 Å². The normalized spacial score (nSPS) is 11.2. The molecule has 2 heteroatoms. The molecule has 2 nitrogen and oxygen atoms in total. The van der Waals surface area contributed by atoms with Gasteiger partial charge in [-0.1, -0.05) is 72.8 Å². The molecule has 0 saturated heterocycles. The number of aromatic nitrogens is 2. The van der Waals surface area contributed by atoms with Gasteiger partial charge in [0, 0.05) is 21.9 Å². The molecular formula is C26H20N2. The molecule has 4 aromatic carbocycles. The second-order valence-corrected chi connectivity index (χ2v) is 7.27. The van der Waals surface area contributed by atoms with E-state index in [1.165, 1.54) is 27.5 Å². The second kappa shape index (κ2) is 6.58. The molecule has 0 atom stereocenters. The van der Waals surface area contributed by atoms with Crippen LogP contribution in [-0.2, 0) is 0 Å². The molecule has 5 aromatic rings. The number of rotatable bonds is 2. The summed E-state index contributed by atoms with van der Waals surface area (Å²) in [6.45, 7) is 4.28. The van der Waals surface area contributed by atoms with Crippen LogP contribution in [0.25, 0.3) is 44.1 Å². The molecule has 0 fully saturated rings. The fraction of sp³-hybridized carbons (Fsp3) is 0.0769. The predicted molar refractivity (Wildman–Crippen MR) is 117 cm³/mol. The van der Waals surface area contributed by atoms with Crippen molar-refractivity contribution in [3.05, 3.63) is 96.1 Å². The Morgan fingerprint density at radius 2 is 1.07 bits per heavy atom. The topological polar surface area (TPSA) is 25.8 Å². The monoisotopic (exact) mass is 360 g/mol. The van der Waals surface area contributed by atoms with Gasteiger partial charge < -0.3 is 0 Å². The smallest absolute Gasteiger partial charge is 0.101 e. The van der Waals surface area contributed by atoms with Crippen LogP contribution in [0.3, 0.4) is 0 Å². The van der Waals surface area contributed by atoms with E-state index in [-0.39, 0.29) is 0 Å². The molecule has 0 aliphatic rings. The molecule has 0 amide bonds. The number of fused-ring (bicyclic) bond motifs is 2. The highest BCUT2D eigenvalue weighted by atomic mass is 15.1. The van der Waals surface area contributed by atoms with E-state index in [2.05, 4.69) is 80.6 Å². The molecule has 1 heterocycles. The van der Waals surface area contributed by atoms with Crippen molar-refractivity contribution in [2.45, 2.75) is 13.8 Å². The molecule has 28 heavy (non-hydrogen) atoms. The molecule has 134 valence electrons. The lowest BCUT2D eigenvalue weighted by Gasteiger charge is -2.14. The zero-order valence-electron chi connectivity index (χ0n) is 16.0. The Labute approximate surface area is 164 Å². The standard InChI is InChI=1S/C26H20N2/c1-17-9-8-10-18(2)24(17)26-23-16-21-14-7-6-13-20(21)15-22(23)25(27-28-26)19-11-4-3-5-12-19/h3-16H,1-2H3. The van der Waals surface area contributed by atoms with E-state index in [1.807, 2.05) is 18.2 Å². The molecule has 1 aromatic heterocycles. The fourth-order valence-electron chi connectivity index (χ4n) is 4.02. The third-order valence-electron chi connectivity index (χ3n) is 5.41. The van der Waals surface area contributed by atoms with Gasteiger partial charge in [0.25, 0.3) is 0 Å². The van der Waals surface area contributed by atoms with Crippen LogP contribution in [0.1, 0.15) is 11.1 Å². The lowest BCUT2D eigenvalue weighted by atomic mass is 9.93. The van der Waals surface area contributed by atoms with E-state index in [1.54, 1.807) is 0 Å². The Balaban J connectivity index is 1.92. The minimum atomic E-state index is 0.927. The van der Waals surface area contributed by atoms with Crippen LogP contribution in [0.5, 0.6) is 0 Å². The number of hydrogen-bond donors (Lipinski definition) is 0. The van der Waals surface area contributed by atoms with Crippen LogP contribution in [0, 0.1) is 13.8 Å². The number of nitrogens with zero attached hydrogens (tertiary/aromatic N) is 2. The molecule has 0 unspecified atom stereocenters. The third-order valence-corrected chi connectivity index (χ3v) is 5.41. The van der Waals surface area contributed by atoms with Crippen molar-refractivity contribution in [2.24, 2.45) is 0 Å². The quantitative estimate of drug-likeness (QED) is 0.326. The van der Waals surface area contributed by atoms with Crippen molar-refractivity contribution in [3.8, 4) is 22.5 Å². The number of benzene rings is 4. The van der Waals surface area contributed by atoms with Crippen molar-refractivity contribution in [3.63, 3.8) is 0 Å². The highest BCUT2D eigenvalue weighted by Gasteiger charge is 2.16. The summed E-state index contributed by atoms with van der Waals surface area (Å²) in [5.41, 5.74) is 6.58. The second-order valence-electron chi connectivity index (χ2n) is 7.27. The van der Waals surface area contributed by atoms with E-state index in [0.717, 1.165) is 27.7 Å². The first-order valence-electron chi connectivity index (χ1n) is 9.53. The average molecular weight is 360 g/mol. The minimum absolute atomic E-state index is 0.927. The average Bonchev–Trinajstić information content (AvgIpc) is 2.73. The molecule has 0 N–H and O–H groups in total. The van der Waals surface area contributed by atoms with E-state index in [4.69, 9.17) is 10.2 Å². The summed E-state index contributed by atoms with van der Waals surface area (Å²) in [4.78, 5) is 0. The van der Waals surface area contributed by atoms with Crippen molar-refractivity contribution >= 4 is 21.5 Å². The first-order valence-corrected chi connectivity index (χ1v) is 9.53.